The van der Waals surface area contributed by atoms with Crippen LogP contribution in [-0.4, -0.2) is 23.1 Å². The van der Waals surface area contributed by atoms with Gasteiger partial charge in [0, 0.05) is 0 Å². The van der Waals surface area contributed by atoms with Gasteiger partial charge in [0.2, 0.25) is 0 Å². The van der Waals surface area contributed by atoms with E-state index in [0.717, 1.165) is 0 Å². The van der Waals surface area contributed by atoms with Crippen molar-refractivity contribution in [2.24, 2.45) is 0 Å². The second kappa shape index (κ2) is 3.74. The lowest BCUT2D eigenvalue weighted by Gasteiger charge is -2.07. The van der Waals surface area contributed by atoms with Crippen LogP contribution in [0.1, 0.15) is 12.6 Å². The van der Waals surface area contributed by atoms with E-state index >= 15 is 0 Å². The Morgan fingerprint density at radius 2 is 2.50 bits per heavy atom. The first-order valence-corrected chi connectivity index (χ1v) is 4.94. The monoisotopic (exact) mass is 237 g/mol. The number of pyridine rings is 1. The number of hydrogen-bond acceptors (Lipinski definition) is 4. The maximum atomic E-state index is 11.6. The maximum absolute atomic E-state index is 11.6. The van der Waals surface area contributed by atoms with Gasteiger partial charge in [-0.25, -0.2) is 4.98 Å². The maximum Gasteiger partial charge on any atom is 0.258 e. The highest BCUT2D eigenvalue weighted by molar-refractivity contribution is 6.31. The zero-order chi connectivity index (χ0) is 11.8. The van der Waals surface area contributed by atoms with Crippen LogP contribution in [-0.2, 0) is 9.53 Å². The lowest BCUT2D eigenvalue weighted by molar-refractivity contribution is -0.120. The van der Waals surface area contributed by atoms with Gasteiger partial charge < -0.3 is 10.1 Å². The summed E-state index contributed by atoms with van der Waals surface area (Å²) in [5.41, 5.74) is -0.153. The van der Waals surface area contributed by atoms with E-state index in [1.54, 1.807) is 6.92 Å². The molecule has 6 heteroatoms. The number of nitrogens with one attached hydrogen (secondary N) is 1. The summed E-state index contributed by atoms with van der Waals surface area (Å²) < 4.78 is 4.99. The SMILES string of the molecule is C[C@@]1(C(=O)Nc2cnc(C#N)c(Cl)c2)CO1. The summed E-state index contributed by atoms with van der Waals surface area (Å²) >= 11 is 5.78. The van der Waals surface area contributed by atoms with Gasteiger partial charge in [0.05, 0.1) is 23.5 Å². The number of nitriles is 1. The molecule has 2 rings (SSSR count). The van der Waals surface area contributed by atoms with Crippen molar-refractivity contribution in [1.29, 1.82) is 5.26 Å². The van der Waals surface area contributed by atoms with Gasteiger partial charge in [0.25, 0.3) is 5.91 Å². The molecule has 0 aliphatic carbocycles. The summed E-state index contributed by atoms with van der Waals surface area (Å²) in [5.74, 6) is -0.241. The van der Waals surface area contributed by atoms with Gasteiger partial charge in [0.1, 0.15) is 6.07 Å². The number of aromatic nitrogens is 1. The van der Waals surface area contributed by atoms with Crippen LogP contribution in [0, 0.1) is 11.3 Å². The van der Waals surface area contributed by atoms with E-state index in [2.05, 4.69) is 10.3 Å². The molecule has 1 saturated heterocycles. The van der Waals surface area contributed by atoms with Gasteiger partial charge in [-0.3, -0.25) is 4.79 Å². The van der Waals surface area contributed by atoms with Gasteiger partial charge in [-0.05, 0) is 13.0 Å². The molecule has 1 aliphatic heterocycles. The fourth-order valence-corrected chi connectivity index (χ4v) is 1.30. The summed E-state index contributed by atoms with van der Waals surface area (Å²) in [6.07, 6.45) is 1.38. The van der Waals surface area contributed by atoms with E-state index in [1.165, 1.54) is 12.3 Å². The van der Waals surface area contributed by atoms with Crippen molar-refractivity contribution in [3.8, 4) is 6.07 Å². The Kier molecular flexibility index (Phi) is 2.54. The zero-order valence-corrected chi connectivity index (χ0v) is 9.21. The minimum Gasteiger partial charge on any atom is -0.359 e. The Morgan fingerprint density at radius 3 is 3.00 bits per heavy atom. The number of halogens is 1. The number of rotatable bonds is 2. The summed E-state index contributed by atoms with van der Waals surface area (Å²) in [6, 6.07) is 3.32. The number of amides is 1. The van der Waals surface area contributed by atoms with E-state index in [9.17, 15) is 4.79 Å². The van der Waals surface area contributed by atoms with Gasteiger partial charge in [0.15, 0.2) is 11.3 Å². The van der Waals surface area contributed by atoms with Crippen molar-refractivity contribution in [2.75, 3.05) is 11.9 Å². The van der Waals surface area contributed by atoms with Crippen molar-refractivity contribution >= 4 is 23.2 Å². The first-order valence-electron chi connectivity index (χ1n) is 4.56. The van der Waals surface area contributed by atoms with Gasteiger partial charge in [-0.15, -0.1) is 0 Å². The minimum absolute atomic E-state index is 0.133. The molecule has 0 aromatic carbocycles. The van der Waals surface area contributed by atoms with Crippen molar-refractivity contribution in [3.63, 3.8) is 0 Å². The molecule has 2 heterocycles. The molecular weight excluding hydrogens is 230 g/mol. The molecular formula is C10H8ClN3O2. The predicted octanol–water partition coefficient (Wildman–Crippen LogP) is 1.33. The molecule has 5 nitrogen and oxygen atoms in total. The fraction of sp³-hybridized carbons (Fsp3) is 0.300. The summed E-state index contributed by atoms with van der Waals surface area (Å²) in [5, 5.41) is 11.5. The summed E-state index contributed by atoms with van der Waals surface area (Å²) in [7, 11) is 0. The molecule has 1 N–H and O–H groups in total. The van der Waals surface area contributed by atoms with Crippen molar-refractivity contribution in [2.45, 2.75) is 12.5 Å². The predicted molar refractivity (Wildman–Crippen MR) is 56.9 cm³/mol. The van der Waals surface area contributed by atoms with Crippen LogP contribution >= 0.6 is 11.6 Å². The third kappa shape index (κ3) is 1.98. The minimum atomic E-state index is -0.736. The standard InChI is InChI=1S/C10H8ClN3O2/c1-10(5-16-10)9(15)14-6-2-7(11)8(3-12)13-4-6/h2,4H,5H2,1H3,(H,14,15)/t10-/m0/s1. The lowest BCUT2D eigenvalue weighted by Crippen LogP contribution is -2.28. The Morgan fingerprint density at radius 1 is 1.81 bits per heavy atom. The number of anilines is 1. The topological polar surface area (TPSA) is 78.3 Å². The normalized spacial score (nSPS) is 22.3. The molecule has 0 radical (unpaired) electrons. The molecule has 1 aliphatic rings. The highest BCUT2D eigenvalue weighted by atomic mass is 35.5. The van der Waals surface area contributed by atoms with Crippen molar-refractivity contribution in [3.05, 3.63) is 23.0 Å². The summed E-state index contributed by atoms with van der Waals surface area (Å²) in [4.78, 5) is 15.4. The molecule has 1 atom stereocenters. The smallest absolute Gasteiger partial charge is 0.258 e. The van der Waals surface area contributed by atoms with E-state index in [1.807, 2.05) is 6.07 Å². The number of ether oxygens (including phenoxy) is 1. The van der Waals surface area contributed by atoms with Crippen molar-refractivity contribution < 1.29 is 9.53 Å². The summed E-state index contributed by atoms with van der Waals surface area (Å²) in [6.45, 7) is 2.11. The molecule has 0 bridgehead atoms. The first kappa shape index (κ1) is 10.9. The van der Waals surface area contributed by atoms with Gasteiger partial charge in [-0.1, -0.05) is 11.6 Å². The fourth-order valence-electron chi connectivity index (χ4n) is 1.09. The van der Waals surface area contributed by atoms with Crippen LogP contribution in [0.3, 0.4) is 0 Å². The molecule has 0 unspecified atom stereocenters. The van der Waals surface area contributed by atoms with Gasteiger partial charge >= 0.3 is 0 Å². The third-order valence-electron chi connectivity index (χ3n) is 2.26. The second-order valence-corrected chi connectivity index (χ2v) is 4.05. The van der Waals surface area contributed by atoms with Crippen LogP contribution in [0.4, 0.5) is 5.69 Å². The van der Waals surface area contributed by atoms with Crippen LogP contribution in [0.15, 0.2) is 12.3 Å². The van der Waals surface area contributed by atoms with Crippen LogP contribution in [0.5, 0.6) is 0 Å². The first-order chi connectivity index (χ1) is 7.55. The van der Waals surface area contributed by atoms with E-state index in [-0.39, 0.29) is 16.6 Å². The van der Waals surface area contributed by atoms with E-state index in [4.69, 9.17) is 21.6 Å². The Balaban J connectivity index is 2.14. The highest BCUT2D eigenvalue weighted by Gasteiger charge is 2.47. The average molecular weight is 238 g/mol. The van der Waals surface area contributed by atoms with E-state index < -0.39 is 5.60 Å². The van der Waals surface area contributed by atoms with Crippen LogP contribution in [0.2, 0.25) is 5.02 Å². The Labute approximate surface area is 97.0 Å². The molecule has 1 aromatic rings. The number of carbonyl (C=O) groups is 1. The third-order valence-corrected chi connectivity index (χ3v) is 2.55. The highest BCUT2D eigenvalue weighted by Crippen LogP contribution is 2.28. The molecule has 1 amide bonds. The van der Waals surface area contributed by atoms with Gasteiger partial charge in [-0.2, -0.15) is 5.26 Å². The molecule has 0 spiro atoms. The molecule has 0 saturated carbocycles. The zero-order valence-electron chi connectivity index (χ0n) is 8.45. The second-order valence-electron chi connectivity index (χ2n) is 3.64. The number of hydrogen-bond donors (Lipinski definition) is 1. The Bertz CT molecular complexity index is 491. The molecule has 82 valence electrons. The molecule has 16 heavy (non-hydrogen) atoms. The average Bonchev–Trinajstić information content (AvgIpc) is 2.98. The molecule has 1 fully saturated rings. The van der Waals surface area contributed by atoms with Crippen LogP contribution in [0.25, 0.3) is 0 Å². The largest absolute Gasteiger partial charge is 0.359 e. The quantitative estimate of drug-likeness (QED) is 0.788. The van der Waals surface area contributed by atoms with Crippen molar-refractivity contribution in [1.82, 2.24) is 4.98 Å². The Hall–Kier alpha value is -1.64. The molecule has 1 aromatic heterocycles. The number of carbonyl (C=O) groups excluding carboxylic acids is 1. The number of nitrogens with zero attached hydrogens (tertiary/aromatic N) is 2. The number of epoxide rings is 1. The lowest BCUT2D eigenvalue weighted by atomic mass is 10.2. The van der Waals surface area contributed by atoms with E-state index in [0.29, 0.717) is 12.3 Å². The van der Waals surface area contributed by atoms with Crippen LogP contribution < -0.4 is 5.32 Å².